The van der Waals surface area contributed by atoms with Gasteiger partial charge in [0.05, 0.1) is 23.6 Å². The first kappa shape index (κ1) is 17.0. The second-order valence-corrected chi connectivity index (χ2v) is 4.89. The van der Waals surface area contributed by atoms with Gasteiger partial charge in [0.2, 0.25) is 0 Å². The molecule has 20 heavy (non-hydrogen) atoms. The summed E-state index contributed by atoms with van der Waals surface area (Å²) in [4.78, 5) is 10.9. The maximum atomic E-state index is 10.9. The molecule has 1 aromatic rings. The van der Waals surface area contributed by atoms with Crippen LogP contribution in [0.25, 0.3) is 0 Å². The number of carbonyl (C=O) groups is 1. The molecule has 0 heterocycles. The zero-order valence-electron chi connectivity index (χ0n) is 11.1. The van der Waals surface area contributed by atoms with Gasteiger partial charge in [0.1, 0.15) is 18.5 Å². The molecule has 2 N–H and O–H groups in total. The lowest BCUT2D eigenvalue weighted by Crippen LogP contribution is -2.32. The number of hydrogen-bond acceptors (Lipinski definition) is 5. The Morgan fingerprint density at radius 2 is 2.15 bits per heavy atom. The van der Waals surface area contributed by atoms with E-state index in [1.807, 2.05) is 0 Å². The highest BCUT2D eigenvalue weighted by Gasteiger charge is 2.07. The van der Waals surface area contributed by atoms with Crippen molar-refractivity contribution in [2.45, 2.75) is 12.5 Å². The average molecular weight is 322 g/mol. The molecule has 0 bridgehead atoms. The number of rotatable bonds is 8. The molecule has 1 aromatic carbocycles. The molecule has 0 saturated carbocycles. The van der Waals surface area contributed by atoms with Gasteiger partial charge in [0, 0.05) is 19.2 Å². The molecule has 112 valence electrons. The Morgan fingerprint density at radius 3 is 2.80 bits per heavy atom. The lowest BCUT2D eigenvalue weighted by molar-refractivity contribution is -0.140. The fourth-order valence-corrected chi connectivity index (χ4v) is 1.67. The van der Waals surface area contributed by atoms with Crippen LogP contribution in [0.4, 0.5) is 0 Å². The lowest BCUT2D eigenvalue weighted by atomic mass is 10.3. The summed E-state index contributed by atoms with van der Waals surface area (Å²) >= 11 is 11.6. The number of esters is 1. The van der Waals surface area contributed by atoms with Gasteiger partial charge in [-0.2, -0.15) is 0 Å². The van der Waals surface area contributed by atoms with Crippen molar-refractivity contribution >= 4 is 29.2 Å². The van der Waals surface area contributed by atoms with Gasteiger partial charge in [-0.15, -0.1) is 0 Å². The molecule has 1 unspecified atom stereocenters. The topological polar surface area (TPSA) is 67.8 Å². The van der Waals surface area contributed by atoms with Crippen LogP contribution in [-0.2, 0) is 9.53 Å². The predicted octanol–water partition coefficient (Wildman–Crippen LogP) is 1.89. The summed E-state index contributed by atoms with van der Waals surface area (Å²) in [7, 11) is 1.34. The number of nitrogens with one attached hydrogen (secondary N) is 1. The molecular formula is C13H17Cl2NO4. The molecule has 0 fully saturated rings. The van der Waals surface area contributed by atoms with Crippen molar-refractivity contribution in [1.29, 1.82) is 0 Å². The molecule has 0 amide bonds. The molecule has 1 rings (SSSR count). The smallest absolute Gasteiger partial charge is 0.306 e. The fourth-order valence-electron chi connectivity index (χ4n) is 1.38. The molecule has 0 aliphatic rings. The van der Waals surface area contributed by atoms with E-state index in [4.69, 9.17) is 27.9 Å². The Hall–Kier alpha value is -1.01. The molecule has 0 aliphatic carbocycles. The fraction of sp³-hybridized carbons (Fsp3) is 0.462. The van der Waals surface area contributed by atoms with Crippen molar-refractivity contribution < 1.29 is 19.4 Å². The van der Waals surface area contributed by atoms with Gasteiger partial charge in [-0.25, -0.2) is 0 Å². The first-order valence-corrected chi connectivity index (χ1v) is 6.82. The normalized spacial score (nSPS) is 12.0. The third-order valence-electron chi connectivity index (χ3n) is 2.45. The zero-order chi connectivity index (χ0) is 15.0. The Bertz CT molecular complexity index is 442. The summed E-state index contributed by atoms with van der Waals surface area (Å²) < 4.78 is 9.87. The van der Waals surface area contributed by atoms with Crippen LogP contribution in [0.15, 0.2) is 18.2 Å². The summed E-state index contributed by atoms with van der Waals surface area (Å²) in [5.41, 5.74) is 0. The van der Waals surface area contributed by atoms with Gasteiger partial charge in [-0.1, -0.05) is 23.2 Å². The first-order chi connectivity index (χ1) is 9.52. The highest BCUT2D eigenvalue weighted by Crippen LogP contribution is 2.26. The van der Waals surface area contributed by atoms with E-state index in [-0.39, 0.29) is 19.0 Å². The highest BCUT2D eigenvalue weighted by molar-refractivity contribution is 6.42. The van der Waals surface area contributed by atoms with Crippen LogP contribution >= 0.6 is 23.2 Å². The summed E-state index contributed by atoms with van der Waals surface area (Å²) in [5.74, 6) is 0.243. The Kier molecular flexibility index (Phi) is 7.69. The molecule has 0 aliphatic heterocycles. The Morgan fingerprint density at radius 1 is 1.40 bits per heavy atom. The molecular weight excluding hydrogens is 305 g/mol. The van der Waals surface area contributed by atoms with E-state index in [9.17, 15) is 9.90 Å². The molecule has 0 saturated heterocycles. The van der Waals surface area contributed by atoms with Gasteiger partial charge < -0.3 is 19.9 Å². The van der Waals surface area contributed by atoms with Crippen LogP contribution in [0.5, 0.6) is 5.75 Å². The third kappa shape index (κ3) is 6.43. The summed E-state index contributed by atoms with van der Waals surface area (Å²) in [6.07, 6.45) is -0.432. The van der Waals surface area contributed by atoms with Crippen LogP contribution < -0.4 is 10.1 Å². The van der Waals surface area contributed by atoms with Gasteiger partial charge in [-0.05, 0) is 12.1 Å². The van der Waals surface area contributed by atoms with Crippen LogP contribution in [0.3, 0.4) is 0 Å². The SMILES string of the molecule is COC(=O)CCNCC(O)COc1ccc(Cl)c(Cl)c1. The average Bonchev–Trinajstić information content (AvgIpc) is 2.44. The number of aliphatic hydroxyl groups is 1. The molecule has 0 aromatic heterocycles. The van der Waals surface area contributed by atoms with E-state index in [0.717, 1.165) is 0 Å². The van der Waals surface area contributed by atoms with Crippen molar-refractivity contribution in [1.82, 2.24) is 5.32 Å². The van der Waals surface area contributed by atoms with E-state index < -0.39 is 6.10 Å². The van der Waals surface area contributed by atoms with Crippen molar-refractivity contribution in [3.8, 4) is 5.75 Å². The predicted molar refractivity (Wildman–Crippen MR) is 77.5 cm³/mol. The Balaban J connectivity index is 2.20. The van der Waals surface area contributed by atoms with Crippen molar-refractivity contribution in [3.05, 3.63) is 28.2 Å². The number of ether oxygens (including phenoxy) is 2. The van der Waals surface area contributed by atoms with Crippen molar-refractivity contribution in [2.75, 3.05) is 26.8 Å². The minimum atomic E-state index is -0.692. The lowest BCUT2D eigenvalue weighted by Gasteiger charge is -2.13. The maximum Gasteiger partial charge on any atom is 0.306 e. The highest BCUT2D eigenvalue weighted by atomic mass is 35.5. The number of carbonyl (C=O) groups excluding carboxylic acids is 1. The minimum absolute atomic E-state index is 0.114. The van der Waals surface area contributed by atoms with Crippen LogP contribution in [0, 0.1) is 0 Å². The standard InChI is InChI=1S/C13H17Cl2NO4/c1-19-13(18)4-5-16-7-9(17)8-20-10-2-3-11(14)12(15)6-10/h2-3,6,9,16-17H,4-5,7-8H2,1H3. The second-order valence-electron chi connectivity index (χ2n) is 4.07. The van der Waals surface area contributed by atoms with Crippen LogP contribution in [0.2, 0.25) is 10.0 Å². The van der Waals surface area contributed by atoms with Crippen molar-refractivity contribution in [3.63, 3.8) is 0 Å². The van der Waals surface area contributed by atoms with E-state index in [1.54, 1.807) is 18.2 Å². The Labute approximate surface area is 127 Å². The van der Waals surface area contributed by atoms with Crippen LogP contribution in [0.1, 0.15) is 6.42 Å². The van der Waals surface area contributed by atoms with Gasteiger partial charge in [-0.3, -0.25) is 4.79 Å². The number of halogens is 2. The molecule has 0 spiro atoms. The van der Waals surface area contributed by atoms with Gasteiger partial charge in [0.25, 0.3) is 0 Å². The number of methoxy groups -OCH3 is 1. The molecule has 7 heteroatoms. The van der Waals surface area contributed by atoms with E-state index in [0.29, 0.717) is 28.9 Å². The first-order valence-electron chi connectivity index (χ1n) is 6.06. The number of aliphatic hydroxyl groups excluding tert-OH is 1. The molecule has 0 radical (unpaired) electrons. The van der Waals surface area contributed by atoms with Crippen molar-refractivity contribution in [2.24, 2.45) is 0 Å². The number of hydrogen-bond donors (Lipinski definition) is 2. The number of benzene rings is 1. The van der Waals surface area contributed by atoms with Crippen LogP contribution in [-0.4, -0.2) is 44.0 Å². The second kappa shape index (κ2) is 9.02. The van der Waals surface area contributed by atoms with E-state index >= 15 is 0 Å². The molecule has 1 atom stereocenters. The largest absolute Gasteiger partial charge is 0.491 e. The maximum absolute atomic E-state index is 10.9. The quantitative estimate of drug-likeness (QED) is 0.565. The van der Waals surface area contributed by atoms with E-state index in [1.165, 1.54) is 7.11 Å². The summed E-state index contributed by atoms with van der Waals surface area (Å²) in [6.45, 7) is 0.873. The van der Waals surface area contributed by atoms with Gasteiger partial charge in [0.15, 0.2) is 0 Å². The molecule has 5 nitrogen and oxygen atoms in total. The van der Waals surface area contributed by atoms with E-state index in [2.05, 4.69) is 10.1 Å². The third-order valence-corrected chi connectivity index (χ3v) is 3.19. The zero-order valence-corrected chi connectivity index (χ0v) is 12.6. The summed E-state index contributed by atoms with van der Waals surface area (Å²) in [6, 6.07) is 4.88. The monoisotopic (exact) mass is 321 g/mol. The summed E-state index contributed by atoms with van der Waals surface area (Å²) in [5, 5.41) is 13.5. The minimum Gasteiger partial charge on any atom is -0.491 e. The van der Waals surface area contributed by atoms with Gasteiger partial charge >= 0.3 is 5.97 Å².